The van der Waals surface area contributed by atoms with E-state index in [1.54, 1.807) is 49.6 Å². The largest absolute Gasteiger partial charge is 0.253 e. The number of hydrogen-bond acceptors (Lipinski definition) is 16. The molecule has 0 spiro atoms. The van der Waals surface area contributed by atoms with E-state index in [-0.39, 0.29) is 0 Å². The Morgan fingerprint density at radius 2 is 0.471 bits per heavy atom. The lowest BCUT2D eigenvalue weighted by Gasteiger charge is -2.12. The molecule has 0 radical (unpaired) electrons. The van der Waals surface area contributed by atoms with Crippen molar-refractivity contribution < 1.29 is 0 Å². The van der Waals surface area contributed by atoms with Gasteiger partial charge in [0.05, 0.1) is 113 Å². The first-order valence-corrected chi connectivity index (χ1v) is 22.4. The van der Waals surface area contributed by atoms with Crippen LogP contribution in [0.5, 0.6) is 0 Å². The van der Waals surface area contributed by atoms with Gasteiger partial charge in [0, 0.05) is 46.3 Å². The summed E-state index contributed by atoms with van der Waals surface area (Å²) in [5.74, 6) is 0. The van der Waals surface area contributed by atoms with E-state index in [1.807, 2.05) is 36.4 Å². The zero-order valence-electron chi connectivity index (χ0n) is 35.9. The summed E-state index contributed by atoms with van der Waals surface area (Å²) in [6, 6.07) is 28.2. The van der Waals surface area contributed by atoms with E-state index in [4.69, 9.17) is 69.8 Å². The van der Waals surface area contributed by atoms with E-state index in [1.165, 1.54) is 0 Å². The lowest BCUT2D eigenvalue weighted by Crippen LogP contribution is -1.98. The summed E-state index contributed by atoms with van der Waals surface area (Å²) in [5.41, 5.74) is 14.6. The molecule has 17 rings (SSSR count). The van der Waals surface area contributed by atoms with Crippen LogP contribution < -0.4 is 0 Å². The Morgan fingerprint density at radius 3 is 0.857 bits per heavy atom. The summed E-state index contributed by atoms with van der Waals surface area (Å²) in [4.78, 5) is 82.6. The maximum atomic E-state index is 5.47. The molecular formula is C54H22N16. The van der Waals surface area contributed by atoms with Gasteiger partial charge >= 0.3 is 0 Å². The predicted molar refractivity (Wildman–Crippen MR) is 271 cm³/mol. The number of pyridine rings is 4. The first-order valence-electron chi connectivity index (χ1n) is 22.4. The molecule has 0 N–H and O–H groups in total. The number of fused-ring (bicyclic) bond motifs is 20. The fourth-order valence-corrected chi connectivity index (χ4v) is 10.4. The number of rotatable bonds is 0. The predicted octanol–water partition coefficient (Wildman–Crippen LogP) is 10.5. The molecule has 0 aliphatic rings. The van der Waals surface area contributed by atoms with Crippen molar-refractivity contribution in [1.82, 2.24) is 79.7 Å². The number of nitrogens with zero attached hydrogens (tertiary/aromatic N) is 16. The van der Waals surface area contributed by atoms with Crippen molar-refractivity contribution in [3.8, 4) is 0 Å². The molecule has 5 aromatic carbocycles. The topological polar surface area (TPSA) is 206 Å². The third-order valence-corrected chi connectivity index (χ3v) is 13.6. The third kappa shape index (κ3) is 4.76. The monoisotopic (exact) mass is 894 g/mol. The van der Waals surface area contributed by atoms with Gasteiger partial charge in [-0.3, -0.25) is 39.9 Å². The number of benzene rings is 5. The van der Waals surface area contributed by atoms with Crippen LogP contribution in [-0.2, 0) is 0 Å². The second-order valence-corrected chi connectivity index (χ2v) is 17.5. The summed E-state index contributed by atoms with van der Waals surface area (Å²) < 4.78 is 0. The molecule has 16 heteroatoms. The average molecular weight is 895 g/mol. The highest BCUT2D eigenvalue weighted by atomic mass is 14.9. The molecule has 17 aromatic rings. The van der Waals surface area contributed by atoms with E-state index in [2.05, 4.69) is 58.5 Å². The molecule has 0 aliphatic heterocycles. The zero-order valence-corrected chi connectivity index (χ0v) is 35.9. The van der Waals surface area contributed by atoms with Crippen LogP contribution in [0.2, 0.25) is 0 Å². The minimum atomic E-state index is 0.487. The van der Waals surface area contributed by atoms with Gasteiger partial charge in [-0.15, -0.1) is 0 Å². The first kappa shape index (κ1) is 36.0. The average Bonchev–Trinajstić information content (AvgIpc) is 3.41. The second-order valence-electron chi connectivity index (χ2n) is 17.5. The smallest absolute Gasteiger partial charge is 0.109 e. The fraction of sp³-hybridized carbons (Fsp3) is 0. The molecule has 0 aliphatic carbocycles. The van der Waals surface area contributed by atoms with Crippen LogP contribution in [0, 0.1) is 0 Å². The van der Waals surface area contributed by atoms with Crippen LogP contribution in [-0.4, -0.2) is 79.7 Å². The van der Waals surface area contributed by atoms with Crippen LogP contribution in [0.3, 0.4) is 0 Å². The Morgan fingerprint density at radius 1 is 0.186 bits per heavy atom. The van der Waals surface area contributed by atoms with Gasteiger partial charge < -0.3 is 0 Å². The van der Waals surface area contributed by atoms with Crippen molar-refractivity contribution >= 4 is 175 Å². The zero-order chi connectivity index (χ0) is 45.3. The Labute approximate surface area is 388 Å². The molecule has 16 bridgehead atoms. The van der Waals surface area contributed by atoms with Gasteiger partial charge in [-0.2, -0.15) is 0 Å². The molecule has 12 aromatic heterocycles. The van der Waals surface area contributed by atoms with Crippen molar-refractivity contribution in [2.24, 2.45) is 0 Å². The van der Waals surface area contributed by atoms with Crippen molar-refractivity contribution in [3.63, 3.8) is 0 Å². The minimum Gasteiger partial charge on any atom is -0.253 e. The van der Waals surface area contributed by atoms with E-state index in [9.17, 15) is 0 Å². The van der Waals surface area contributed by atoms with Gasteiger partial charge in [0.15, 0.2) is 0 Å². The van der Waals surface area contributed by atoms with Crippen molar-refractivity contribution in [3.05, 3.63) is 135 Å². The Hall–Kier alpha value is -10.2. The highest BCUT2D eigenvalue weighted by Gasteiger charge is 2.21. The van der Waals surface area contributed by atoms with Gasteiger partial charge in [0.2, 0.25) is 0 Å². The van der Waals surface area contributed by atoms with E-state index < -0.39 is 0 Å². The SMILES string of the molecule is c1cnc2c(cc3ncc4nc3c2c2ccc3ccc5ccc(nc5c3n2)c2c3ncc5nc3c(c3ccc6ccc7ccc(nc7c6n3)c3c6nccnc6cc6ncc5nc63)c3ncc4nc32)n1. The summed E-state index contributed by atoms with van der Waals surface area (Å²) in [6.07, 6.45) is 13.6. The first-order chi connectivity index (χ1) is 34.6. The van der Waals surface area contributed by atoms with E-state index in [0.717, 1.165) is 21.5 Å². The lowest BCUT2D eigenvalue weighted by atomic mass is 10.0. The molecule has 0 fully saturated rings. The molecule has 0 amide bonds. The van der Waals surface area contributed by atoms with Crippen LogP contribution in [0.25, 0.3) is 175 Å². The van der Waals surface area contributed by atoms with Gasteiger partial charge in [0.1, 0.15) is 66.2 Å². The van der Waals surface area contributed by atoms with Crippen molar-refractivity contribution in [1.29, 1.82) is 0 Å². The maximum Gasteiger partial charge on any atom is 0.109 e. The molecule has 16 nitrogen and oxygen atoms in total. The molecule has 0 saturated heterocycles. The molecule has 318 valence electrons. The molecular weight excluding hydrogens is 873 g/mol. The second kappa shape index (κ2) is 12.8. The normalized spacial score (nSPS) is 12.6. The number of aromatic nitrogens is 16. The standard InChI is InChI=1S/C54H22N16/c1-3-25-7-11-29-41-51-54-42(52-53(41)69-37(22-62-52)35-19-59-33-17-31-47(57-15-13-55-31)39(49(33)67-35)27-9-5-23(1)43(63-27)45(25)65-29)30-12-8-26-4-2-24-6-10-28(64-44(24)46(26)66-30)40-48-32(56-14-16-58-48)18-34-50(40)68-36(20-60-34)38(70-54)21-61-51/h1-22H. The Balaban J connectivity index is 1.13. The summed E-state index contributed by atoms with van der Waals surface area (Å²) in [6.45, 7) is 0. The van der Waals surface area contributed by atoms with Crippen molar-refractivity contribution in [2.45, 2.75) is 0 Å². The highest BCUT2D eigenvalue weighted by Crippen LogP contribution is 2.39. The quantitative estimate of drug-likeness (QED) is 0.102. The minimum absolute atomic E-state index is 0.487. The third-order valence-electron chi connectivity index (χ3n) is 13.6. The Kier molecular flexibility index (Phi) is 6.58. The van der Waals surface area contributed by atoms with E-state index in [0.29, 0.717) is 154 Å². The van der Waals surface area contributed by atoms with Gasteiger partial charge in [0.25, 0.3) is 0 Å². The lowest BCUT2D eigenvalue weighted by molar-refractivity contribution is 1.29. The highest BCUT2D eigenvalue weighted by molar-refractivity contribution is 6.29. The molecule has 12 heterocycles. The van der Waals surface area contributed by atoms with Crippen LogP contribution in [0.1, 0.15) is 0 Å². The number of hydrogen-bond donors (Lipinski definition) is 0. The Bertz CT molecular complexity index is 5010. The summed E-state index contributed by atoms with van der Waals surface area (Å²) in [5, 5.41) is 6.31. The molecule has 0 atom stereocenters. The van der Waals surface area contributed by atoms with Crippen LogP contribution >= 0.6 is 0 Å². The summed E-state index contributed by atoms with van der Waals surface area (Å²) >= 11 is 0. The van der Waals surface area contributed by atoms with Gasteiger partial charge in [-0.1, -0.05) is 48.5 Å². The molecule has 0 saturated carbocycles. The summed E-state index contributed by atoms with van der Waals surface area (Å²) in [7, 11) is 0. The fourth-order valence-electron chi connectivity index (χ4n) is 10.4. The van der Waals surface area contributed by atoms with E-state index >= 15 is 0 Å². The molecule has 0 unspecified atom stereocenters. The molecule has 70 heavy (non-hydrogen) atoms. The van der Waals surface area contributed by atoms with Crippen molar-refractivity contribution in [2.75, 3.05) is 0 Å². The van der Waals surface area contributed by atoms with Crippen LogP contribution in [0.15, 0.2) is 135 Å². The van der Waals surface area contributed by atoms with Crippen LogP contribution in [0.4, 0.5) is 0 Å². The van der Waals surface area contributed by atoms with Gasteiger partial charge in [-0.05, 0) is 36.4 Å². The van der Waals surface area contributed by atoms with Gasteiger partial charge in [-0.25, -0.2) is 39.9 Å². The maximum absolute atomic E-state index is 5.47.